The molecule has 0 aliphatic carbocycles. The second-order valence-corrected chi connectivity index (χ2v) is 8.01. The maximum absolute atomic E-state index is 14.0. The molecule has 1 N–H and O–H groups in total. The molecule has 1 aromatic heterocycles. The van der Waals surface area contributed by atoms with Gasteiger partial charge in [0.25, 0.3) is 5.91 Å². The highest BCUT2D eigenvalue weighted by atomic mass is 16.2. The first-order chi connectivity index (χ1) is 14.8. The Morgan fingerprint density at radius 3 is 2.65 bits per heavy atom. The molecule has 166 valence electrons. The fourth-order valence-electron chi connectivity index (χ4n) is 3.88. The third-order valence-electron chi connectivity index (χ3n) is 5.55. The summed E-state index contributed by atoms with van der Waals surface area (Å²) in [5, 5.41) is 7.49. The third-order valence-corrected chi connectivity index (χ3v) is 5.55. The van der Waals surface area contributed by atoms with Crippen molar-refractivity contribution in [2.45, 2.75) is 33.4 Å². The number of amides is 2. The molecule has 1 aromatic carbocycles. The molecule has 8 nitrogen and oxygen atoms in total. The van der Waals surface area contributed by atoms with Crippen molar-refractivity contribution in [1.82, 2.24) is 19.6 Å². The second kappa shape index (κ2) is 9.45. The second-order valence-electron chi connectivity index (χ2n) is 8.01. The number of anilines is 3. The van der Waals surface area contributed by atoms with Crippen molar-refractivity contribution < 1.29 is 9.59 Å². The fourth-order valence-corrected chi connectivity index (χ4v) is 3.88. The van der Waals surface area contributed by atoms with Gasteiger partial charge in [-0.05, 0) is 47.0 Å². The summed E-state index contributed by atoms with van der Waals surface area (Å²) in [6, 6.07) is 6.97. The summed E-state index contributed by atoms with van der Waals surface area (Å²) in [4.78, 5) is 32.9. The van der Waals surface area contributed by atoms with Gasteiger partial charge in [0.05, 0.1) is 23.1 Å². The molecule has 3 rings (SSSR count). The van der Waals surface area contributed by atoms with Crippen LogP contribution in [0.3, 0.4) is 0 Å². The summed E-state index contributed by atoms with van der Waals surface area (Å²) in [5.74, 6) is -0.368. The fraction of sp³-hybridized carbons (Fsp3) is 0.435. The van der Waals surface area contributed by atoms with E-state index in [1.165, 1.54) is 0 Å². The van der Waals surface area contributed by atoms with E-state index < -0.39 is 6.04 Å². The molecule has 1 atom stereocenters. The van der Waals surface area contributed by atoms with E-state index in [0.717, 1.165) is 13.1 Å². The van der Waals surface area contributed by atoms with Crippen LogP contribution in [0.25, 0.3) is 0 Å². The molecule has 0 saturated carbocycles. The average molecular weight is 425 g/mol. The van der Waals surface area contributed by atoms with Crippen molar-refractivity contribution >= 4 is 28.9 Å². The predicted octanol–water partition coefficient (Wildman–Crippen LogP) is 2.88. The topological polar surface area (TPSA) is 73.7 Å². The molecule has 8 heteroatoms. The van der Waals surface area contributed by atoms with Gasteiger partial charge in [0.15, 0.2) is 5.69 Å². The minimum atomic E-state index is -0.420. The van der Waals surface area contributed by atoms with Crippen LogP contribution in [-0.2, 0) is 11.3 Å². The molecule has 0 spiro atoms. The van der Waals surface area contributed by atoms with Crippen molar-refractivity contribution in [2.24, 2.45) is 0 Å². The van der Waals surface area contributed by atoms with Gasteiger partial charge in [-0.15, -0.1) is 6.58 Å². The first-order valence-corrected chi connectivity index (χ1v) is 10.6. The summed E-state index contributed by atoms with van der Waals surface area (Å²) in [5.41, 5.74) is 2.85. The van der Waals surface area contributed by atoms with Gasteiger partial charge in [-0.2, -0.15) is 5.10 Å². The van der Waals surface area contributed by atoms with E-state index in [1.807, 2.05) is 65.2 Å². The standard InChI is InChI=1S/C23H32N6O2/c1-7-13-27(15-14-26(5)6)17(4)23(31)29-19-12-10-9-11-18(19)24-22(30)21-20(29)16(3)25-28(21)8-2/h7,9-12,17H,1,8,13-15H2,2-6H3,(H,24,30). The molecule has 0 radical (unpaired) electrons. The molecular formula is C23H32N6O2. The van der Waals surface area contributed by atoms with E-state index in [9.17, 15) is 9.59 Å². The predicted molar refractivity (Wildman–Crippen MR) is 124 cm³/mol. The zero-order valence-electron chi connectivity index (χ0n) is 19.1. The molecule has 0 bridgehead atoms. The quantitative estimate of drug-likeness (QED) is 0.660. The first-order valence-electron chi connectivity index (χ1n) is 10.6. The Morgan fingerprint density at radius 2 is 2.00 bits per heavy atom. The zero-order valence-corrected chi connectivity index (χ0v) is 19.1. The Morgan fingerprint density at radius 1 is 1.29 bits per heavy atom. The molecule has 0 fully saturated rings. The van der Waals surface area contributed by atoms with E-state index in [2.05, 4.69) is 26.8 Å². The Bertz CT molecular complexity index is 980. The number of aryl methyl sites for hydroxylation is 2. The van der Waals surface area contributed by atoms with Gasteiger partial charge in [-0.25, -0.2) is 0 Å². The van der Waals surface area contributed by atoms with Crippen LogP contribution in [-0.4, -0.2) is 71.2 Å². The average Bonchev–Trinajstić information content (AvgIpc) is 3.00. The highest BCUT2D eigenvalue weighted by molar-refractivity contribution is 6.18. The highest BCUT2D eigenvalue weighted by Gasteiger charge is 2.37. The van der Waals surface area contributed by atoms with Gasteiger partial charge < -0.3 is 10.2 Å². The molecule has 1 aliphatic rings. The minimum Gasteiger partial charge on any atom is -0.319 e. The van der Waals surface area contributed by atoms with E-state index >= 15 is 0 Å². The van der Waals surface area contributed by atoms with Gasteiger partial charge in [0, 0.05) is 26.2 Å². The van der Waals surface area contributed by atoms with Crippen molar-refractivity contribution in [1.29, 1.82) is 0 Å². The molecule has 2 heterocycles. The molecule has 0 saturated heterocycles. The van der Waals surface area contributed by atoms with E-state index in [4.69, 9.17) is 0 Å². The Balaban J connectivity index is 2.11. The third kappa shape index (κ3) is 4.40. The van der Waals surface area contributed by atoms with Crippen molar-refractivity contribution in [2.75, 3.05) is 43.9 Å². The number of carbonyl (C=O) groups is 2. The summed E-state index contributed by atoms with van der Waals surface area (Å²) in [6.45, 7) is 12.2. The SMILES string of the molecule is C=CCN(CCN(C)C)C(C)C(=O)N1c2ccccc2NC(=O)c2c1c(C)nn2CC. The smallest absolute Gasteiger partial charge is 0.276 e. The zero-order chi connectivity index (χ0) is 22.7. The number of nitrogens with one attached hydrogen (secondary N) is 1. The number of hydrogen-bond acceptors (Lipinski definition) is 5. The summed E-state index contributed by atoms with van der Waals surface area (Å²) in [7, 11) is 4.02. The first kappa shape index (κ1) is 22.7. The Hall–Kier alpha value is -2.97. The lowest BCUT2D eigenvalue weighted by molar-refractivity contribution is -0.122. The highest BCUT2D eigenvalue weighted by Crippen LogP contribution is 2.40. The van der Waals surface area contributed by atoms with Crippen LogP contribution < -0.4 is 10.2 Å². The lowest BCUT2D eigenvalue weighted by Gasteiger charge is -2.33. The van der Waals surface area contributed by atoms with E-state index in [0.29, 0.717) is 41.5 Å². The molecular weight excluding hydrogens is 392 g/mol. The number of likely N-dealkylation sites (N-methyl/N-ethyl adjacent to an activating group) is 1. The molecule has 2 aromatic rings. The van der Waals surface area contributed by atoms with Gasteiger partial charge >= 0.3 is 0 Å². The molecule has 1 unspecified atom stereocenters. The maximum atomic E-state index is 14.0. The van der Waals surface area contributed by atoms with Crippen molar-refractivity contribution in [3.05, 3.63) is 48.3 Å². The van der Waals surface area contributed by atoms with Gasteiger partial charge in [-0.3, -0.25) is 24.1 Å². The summed E-state index contributed by atoms with van der Waals surface area (Å²) in [6.07, 6.45) is 1.81. The van der Waals surface area contributed by atoms with Crippen LogP contribution in [0.2, 0.25) is 0 Å². The van der Waals surface area contributed by atoms with Crippen LogP contribution in [0.15, 0.2) is 36.9 Å². The van der Waals surface area contributed by atoms with E-state index in [1.54, 1.807) is 9.58 Å². The molecule has 31 heavy (non-hydrogen) atoms. The van der Waals surface area contributed by atoms with Crippen LogP contribution in [0.1, 0.15) is 30.0 Å². The number of benzene rings is 1. The van der Waals surface area contributed by atoms with Crippen LogP contribution in [0.4, 0.5) is 17.1 Å². The Labute approximate surface area is 184 Å². The lowest BCUT2D eigenvalue weighted by Crippen LogP contribution is -2.48. The van der Waals surface area contributed by atoms with Crippen molar-refractivity contribution in [3.63, 3.8) is 0 Å². The van der Waals surface area contributed by atoms with Crippen LogP contribution in [0, 0.1) is 6.92 Å². The van der Waals surface area contributed by atoms with Gasteiger partial charge in [0.1, 0.15) is 5.69 Å². The van der Waals surface area contributed by atoms with Gasteiger partial charge in [-0.1, -0.05) is 18.2 Å². The normalized spacial score (nSPS) is 14.2. The maximum Gasteiger partial charge on any atom is 0.276 e. The minimum absolute atomic E-state index is 0.107. The Kier molecular flexibility index (Phi) is 6.92. The molecule has 1 aliphatic heterocycles. The summed E-state index contributed by atoms with van der Waals surface area (Å²) < 4.78 is 1.66. The van der Waals surface area contributed by atoms with Crippen LogP contribution >= 0.6 is 0 Å². The number of aromatic nitrogens is 2. The monoisotopic (exact) mass is 424 g/mol. The van der Waals surface area contributed by atoms with E-state index in [-0.39, 0.29) is 11.8 Å². The van der Waals surface area contributed by atoms with Crippen LogP contribution in [0.5, 0.6) is 0 Å². The number of para-hydroxylation sites is 2. The number of rotatable bonds is 8. The molecule has 2 amide bonds. The lowest BCUT2D eigenvalue weighted by atomic mass is 10.1. The number of carbonyl (C=O) groups excluding carboxylic acids is 2. The van der Waals surface area contributed by atoms with Crippen molar-refractivity contribution in [3.8, 4) is 0 Å². The summed E-state index contributed by atoms with van der Waals surface area (Å²) >= 11 is 0. The number of nitrogens with zero attached hydrogens (tertiary/aromatic N) is 5. The number of fused-ring (bicyclic) bond motifs is 2. The number of hydrogen-bond donors (Lipinski definition) is 1. The largest absolute Gasteiger partial charge is 0.319 e. The van der Waals surface area contributed by atoms with Gasteiger partial charge in [0.2, 0.25) is 5.91 Å².